The van der Waals surface area contributed by atoms with Crippen molar-refractivity contribution in [1.29, 1.82) is 0 Å². The molecule has 0 aliphatic rings. The molecule has 0 aromatic heterocycles. The summed E-state index contributed by atoms with van der Waals surface area (Å²) in [6.07, 6.45) is -0.351. The molecule has 0 saturated heterocycles. The number of rotatable bonds is 4. The van der Waals surface area contributed by atoms with Crippen LogP contribution in [-0.4, -0.2) is 41.6 Å². The Morgan fingerprint density at radius 2 is 1.88 bits per heavy atom. The summed E-state index contributed by atoms with van der Waals surface area (Å²) in [5.41, 5.74) is -0.652. The van der Waals surface area contributed by atoms with Gasteiger partial charge in [0.15, 0.2) is 0 Å². The van der Waals surface area contributed by atoms with E-state index in [0.717, 1.165) is 0 Å². The zero-order valence-corrected chi connectivity index (χ0v) is 10.1. The van der Waals surface area contributed by atoms with Crippen LogP contribution in [0.5, 0.6) is 0 Å². The second-order valence-corrected chi connectivity index (χ2v) is 4.28. The number of carbonyl (C=O) groups excluding carboxylic acids is 2. The molecule has 0 aliphatic heterocycles. The summed E-state index contributed by atoms with van der Waals surface area (Å²) in [4.78, 5) is 22.0. The Morgan fingerprint density at radius 3 is 2.31 bits per heavy atom. The van der Waals surface area contributed by atoms with Crippen LogP contribution in [0.25, 0.3) is 0 Å². The summed E-state index contributed by atoms with van der Waals surface area (Å²) in [5.74, 6) is -0.377. The van der Waals surface area contributed by atoms with Crippen molar-refractivity contribution in [1.82, 2.24) is 5.06 Å². The number of hydroxylamine groups is 2. The summed E-state index contributed by atoms with van der Waals surface area (Å²) in [6, 6.07) is 0. The van der Waals surface area contributed by atoms with E-state index in [9.17, 15) is 14.8 Å². The molecule has 0 aliphatic carbocycles. The van der Waals surface area contributed by atoms with Gasteiger partial charge in [-0.1, -0.05) is 0 Å². The number of hydrogen-bond acceptors (Lipinski definition) is 5. The van der Waals surface area contributed by atoms with Crippen molar-refractivity contribution in [2.24, 2.45) is 0 Å². The Labute approximate surface area is 95.1 Å². The van der Waals surface area contributed by atoms with Gasteiger partial charge in [0.1, 0.15) is 5.60 Å². The fraction of sp³-hybridized carbons (Fsp3) is 0.800. The molecule has 94 valence electrons. The van der Waals surface area contributed by atoms with E-state index in [1.165, 1.54) is 7.11 Å². The number of ether oxygens (including phenoxy) is 2. The fourth-order valence-corrected chi connectivity index (χ4v) is 0.881. The second kappa shape index (κ2) is 6.32. The van der Waals surface area contributed by atoms with Crippen molar-refractivity contribution in [3.8, 4) is 0 Å². The molecule has 0 bridgehead atoms. The zero-order chi connectivity index (χ0) is 12.8. The summed E-state index contributed by atoms with van der Waals surface area (Å²) in [5, 5.41) is 9.73. The van der Waals surface area contributed by atoms with Gasteiger partial charge >= 0.3 is 12.1 Å². The average molecular weight is 233 g/mol. The quantitative estimate of drug-likeness (QED) is 0.453. The van der Waals surface area contributed by atoms with Crippen LogP contribution in [0.2, 0.25) is 0 Å². The van der Waals surface area contributed by atoms with E-state index in [4.69, 9.17) is 4.74 Å². The maximum absolute atomic E-state index is 11.2. The van der Waals surface area contributed by atoms with Crippen LogP contribution < -0.4 is 0 Å². The summed E-state index contributed by atoms with van der Waals surface area (Å²) >= 11 is 0. The molecular weight excluding hydrogens is 214 g/mol. The maximum Gasteiger partial charge on any atom is 0.434 e. The van der Waals surface area contributed by atoms with Crippen LogP contribution >= 0.6 is 0 Å². The maximum atomic E-state index is 11.2. The first-order chi connectivity index (χ1) is 7.26. The van der Waals surface area contributed by atoms with E-state index < -0.39 is 11.7 Å². The largest absolute Gasteiger partial charge is 0.469 e. The van der Waals surface area contributed by atoms with E-state index >= 15 is 0 Å². The minimum absolute atomic E-state index is 0.0318. The second-order valence-electron chi connectivity index (χ2n) is 4.28. The molecule has 6 heteroatoms. The molecule has 0 unspecified atom stereocenters. The van der Waals surface area contributed by atoms with Gasteiger partial charge in [0.25, 0.3) is 0 Å². The van der Waals surface area contributed by atoms with Crippen LogP contribution in [0.1, 0.15) is 33.6 Å². The molecule has 0 rings (SSSR count). The first-order valence-electron chi connectivity index (χ1n) is 5.02. The first kappa shape index (κ1) is 14.7. The van der Waals surface area contributed by atoms with Crippen LogP contribution in [0, 0.1) is 0 Å². The molecular formula is C10H19NO5. The van der Waals surface area contributed by atoms with Gasteiger partial charge in [-0.05, 0) is 27.2 Å². The molecule has 0 spiro atoms. The van der Waals surface area contributed by atoms with Crippen molar-refractivity contribution in [3.63, 3.8) is 0 Å². The molecule has 0 heterocycles. The van der Waals surface area contributed by atoms with E-state index in [-0.39, 0.29) is 18.9 Å². The molecule has 0 fully saturated rings. The third-order valence-corrected chi connectivity index (χ3v) is 1.58. The van der Waals surface area contributed by atoms with Gasteiger partial charge in [-0.3, -0.25) is 10.0 Å². The molecule has 0 radical (unpaired) electrons. The van der Waals surface area contributed by atoms with Gasteiger partial charge in [0.2, 0.25) is 0 Å². The van der Waals surface area contributed by atoms with E-state index in [2.05, 4.69) is 4.74 Å². The molecule has 6 nitrogen and oxygen atoms in total. The van der Waals surface area contributed by atoms with Gasteiger partial charge < -0.3 is 9.47 Å². The zero-order valence-electron chi connectivity index (χ0n) is 10.1. The van der Waals surface area contributed by atoms with Crippen LogP contribution in [0.4, 0.5) is 4.79 Å². The van der Waals surface area contributed by atoms with E-state index in [0.29, 0.717) is 11.5 Å². The minimum atomic E-state index is -0.822. The summed E-state index contributed by atoms with van der Waals surface area (Å²) in [6.45, 7) is 5.14. The number of carbonyl (C=O) groups is 2. The lowest BCUT2D eigenvalue weighted by Crippen LogP contribution is -2.35. The monoisotopic (exact) mass is 233 g/mol. The Balaban J connectivity index is 3.84. The smallest absolute Gasteiger partial charge is 0.434 e. The highest BCUT2D eigenvalue weighted by atomic mass is 16.6. The highest BCUT2D eigenvalue weighted by molar-refractivity contribution is 5.69. The number of methoxy groups -OCH3 is 1. The molecule has 0 saturated carbocycles. The highest BCUT2D eigenvalue weighted by Gasteiger charge is 2.20. The Hall–Kier alpha value is -1.30. The predicted molar refractivity (Wildman–Crippen MR) is 56.0 cm³/mol. The highest BCUT2D eigenvalue weighted by Crippen LogP contribution is 2.09. The topological polar surface area (TPSA) is 76.1 Å². The van der Waals surface area contributed by atoms with Crippen LogP contribution in [0.3, 0.4) is 0 Å². The van der Waals surface area contributed by atoms with Crippen molar-refractivity contribution in [2.45, 2.75) is 39.2 Å². The lowest BCUT2D eigenvalue weighted by molar-refractivity contribution is -0.141. The molecule has 0 aromatic carbocycles. The third-order valence-electron chi connectivity index (χ3n) is 1.58. The normalized spacial score (nSPS) is 10.8. The standard InChI is InChI=1S/C10H19NO5/c1-10(2,3)16-9(13)11(14)7-5-6-8(12)15-4/h14H,5-7H2,1-4H3. The molecule has 16 heavy (non-hydrogen) atoms. The average Bonchev–Trinajstić information content (AvgIpc) is 2.14. The van der Waals surface area contributed by atoms with Crippen LogP contribution in [-0.2, 0) is 14.3 Å². The van der Waals surface area contributed by atoms with Crippen molar-refractivity contribution >= 4 is 12.1 Å². The lowest BCUT2D eigenvalue weighted by Gasteiger charge is -2.23. The van der Waals surface area contributed by atoms with Gasteiger partial charge in [0.05, 0.1) is 13.7 Å². The minimum Gasteiger partial charge on any atom is -0.469 e. The van der Waals surface area contributed by atoms with Gasteiger partial charge in [-0.2, -0.15) is 5.06 Å². The molecule has 1 amide bonds. The van der Waals surface area contributed by atoms with Gasteiger partial charge in [-0.15, -0.1) is 0 Å². The SMILES string of the molecule is COC(=O)CCCN(O)C(=O)OC(C)(C)C. The summed E-state index contributed by atoms with van der Waals surface area (Å²) in [7, 11) is 1.28. The van der Waals surface area contributed by atoms with E-state index in [1.807, 2.05) is 0 Å². The Morgan fingerprint density at radius 1 is 1.31 bits per heavy atom. The van der Waals surface area contributed by atoms with Gasteiger partial charge in [0, 0.05) is 6.42 Å². The van der Waals surface area contributed by atoms with E-state index in [1.54, 1.807) is 20.8 Å². The first-order valence-corrected chi connectivity index (χ1v) is 5.02. The summed E-state index contributed by atoms with van der Waals surface area (Å²) < 4.78 is 9.32. The van der Waals surface area contributed by atoms with Crippen molar-refractivity contribution in [2.75, 3.05) is 13.7 Å². The number of amides is 1. The van der Waals surface area contributed by atoms with Crippen molar-refractivity contribution < 1.29 is 24.3 Å². The van der Waals surface area contributed by atoms with Crippen molar-refractivity contribution in [3.05, 3.63) is 0 Å². The predicted octanol–water partition coefficient (Wildman–Crippen LogP) is 1.57. The van der Waals surface area contributed by atoms with Crippen LogP contribution in [0.15, 0.2) is 0 Å². The van der Waals surface area contributed by atoms with Gasteiger partial charge in [-0.25, -0.2) is 4.79 Å². The Bertz CT molecular complexity index is 246. The molecule has 0 aromatic rings. The third kappa shape index (κ3) is 7.05. The fourth-order valence-electron chi connectivity index (χ4n) is 0.881. The Kier molecular flexibility index (Phi) is 5.81. The molecule has 0 atom stereocenters. The lowest BCUT2D eigenvalue weighted by atomic mass is 10.2. The molecule has 1 N–H and O–H groups in total. The number of esters is 1. The number of nitrogens with zero attached hydrogens (tertiary/aromatic N) is 1. The number of hydrogen-bond donors (Lipinski definition) is 1.